The SMILES string of the molecule is c1ccc(N(c2cc3ccccc3c3ccccc23)c2ccc(-c3ccccc3-c3cccc4c3oc3ccccc34)c3oc4ccccc4c23)cc1. The van der Waals surface area contributed by atoms with Gasteiger partial charge in [0, 0.05) is 38.4 Å². The highest BCUT2D eigenvalue weighted by Gasteiger charge is 2.25. The number of hydrogen-bond acceptors (Lipinski definition) is 3. The van der Waals surface area contributed by atoms with Crippen LogP contribution in [-0.4, -0.2) is 0 Å². The summed E-state index contributed by atoms with van der Waals surface area (Å²) < 4.78 is 13.5. The van der Waals surface area contributed by atoms with Gasteiger partial charge in [0.05, 0.1) is 16.8 Å². The number of hydrogen-bond donors (Lipinski definition) is 0. The highest BCUT2D eigenvalue weighted by molar-refractivity contribution is 6.21. The Morgan fingerprint density at radius 2 is 0.868 bits per heavy atom. The Balaban J connectivity index is 1.21. The Hall–Kier alpha value is -7.10. The van der Waals surface area contributed by atoms with E-state index in [1.165, 1.54) is 21.5 Å². The summed E-state index contributed by atoms with van der Waals surface area (Å²) in [5, 5.41) is 9.21. The number of anilines is 3. The lowest BCUT2D eigenvalue weighted by molar-refractivity contribution is 0.669. The Morgan fingerprint density at radius 3 is 1.66 bits per heavy atom. The molecule has 0 aliphatic carbocycles. The van der Waals surface area contributed by atoms with Gasteiger partial charge in [-0.1, -0.05) is 146 Å². The summed E-state index contributed by atoms with van der Waals surface area (Å²) in [5.41, 5.74) is 11.0. The molecule has 0 spiro atoms. The van der Waals surface area contributed by atoms with E-state index >= 15 is 0 Å². The maximum Gasteiger partial charge on any atom is 0.145 e. The van der Waals surface area contributed by atoms with Crippen molar-refractivity contribution in [2.75, 3.05) is 4.90 Å². The van der Waals surface area contributed by atoms with Crippen LogP contribution in [-0.2, 0) is 0 Å². The summed E-state index contributed by atoms with van der Waals surface area (Å²) in [7, 11) is 0. The molecule has 2 aromatic heterocycles. The third-order valence-electron chi connectivity index (χ3n) is 10.7. The molecule has 0 amide bonds. The van der Waals surface area contributed by atoms with Crippen molar-refractivity contribution in [3.63, 3.8) is 0 Å². The first-order valence-electron chi connectivity index (χ1n) is 18.0. The lowest BCUT2D eigenvalue weighted by atomic mass is 9.91. The molecule has 0 unspecified atom stereocenters. The zero-order valence-corrected chi connectivity index (χ0v) is 28.7. The van der Waals surface area contributed by atoms with Crippen LogP contribution in [0.1, 0.15) is 0 Å². The number of rotatable bonds is 5. The number of para-hydroxylation sites is 4. The third-order valence-corrected chi connectivity index (χ3v) is 10.7. The van der Waals surface area contributed by atoms with Gasteiger partial charge < -0.3 is 13.7 Å². The van der Waals surface area contributed by atoms with Crippen LogP contribution in [0, 0.1) is 0 Å². The Morgan fingerprint density at radius 1 is 0.321 bits per heavy atom. The molecular formula is C50H31NO2. The summed E-state index contributed by atoms with van der Waals surface area (Å²) in [6.45, 7) is 0. The van der Waals surface area contributed by atoms with Gasteiger partial charge in [0.25, 0.3) is 0 Å². The van der Waals surface area contributed by atoms with Gasteiger partial charge in [-0.2, -0.15) is 0 Å². The van der Waals surface area contributed by atoms with Crippen molar-refractivity contribution < 1.29 is 8.83 Å². The second-order valence-electron chi connectivity index (χ2n) is 13.6. The second kappa shape index (κ2) is 11.7. The molecule has 53 heavy (non-hydrogen) atoms. The van der Waals surface area contributed by atoms with Gasteiger partial charge in [-0.3, -0.25) is 0 Å². The number of fused-ring (bicyclic) bond motifs is 9. The summed E-state index contributed by atoms with van der Waals surface area (Å²) in [6, 6.07) is 66.6. The molecule has 3 heteroatoms. The van der Waals surface area contributed by atoms with Crippen molar-refractivity contribution in [3.05, 3.63) is 188 Å². The van der Waals surface area contributed by atoms with E-state index in [-0.39, 0.29) is 0 Å². The first-order chi connectivity index (χ1) is 26.3. The maximum atomic E-state index is 6.93. The molecule has 0 aliphatic rings. The van der Waals surface area contributed by atoms with Crippen molar-refractivity contribution in [2.24, 2.45) is 0 Å². The predicted molar refractivity (Wildman–Crippen MR) is 222 cm³/mol. The zero-order valence-electron chi connectivity index (χ0n) is 28.7. The zero-order chi connectivity index (χ0) is 34.9. The van der Waals surface area contributed by atoms with Gasteiger partial charge in [0.1, 0.15) is 22.3 Å². The molecule has 9 aromatic carbocycles. The first kappa shape index (κ1) is 29.6. The molecule has 11 rings (SSSR count). The molecule has 3 nitrogen and oxygen atoms in total. The third kappa shape index (κ3) is 4.54. The minimum atomic E-state index is 0.846. The van der Waals surface area contributed by atoms with Crippen LogP contribution in [0.15, 0.2) is 197 Å². The average Bonchev–Trinajstić information content (AvgIpc) is 3.81. The van der Waals surface area contributed by atoms with Gasteiger partial charge in [0.2, 0.25) is 0 Å². The lowest BCUT2D eigenvalue weighted by Crippen LogP contribution is -2.11. The second-order valence-corrected chi connectivity index (χ2v) is 13.6. The molecule has 0 N–H and O–H groups in total. The fourth-order valence-electron chi connectivity index (χ4n) is 8.33. The Labute approximate surface area is 305 Å². The quantitative estimate of drug-likeness (QED) is 0.170. The highest BCUT2D eigenvalue weighted by atomic mass is 16.3. The smallest absolute Gasteiger partial charge is 0.145 e. The molecule has 0 aliphatic heterocycles. The summed E-state index contributed by atoms with van der Waals surface area (Å²) >= 11 is 0. The average molecular weight is 678 g/mol. The normalized spacial score (nSPS) is 11.8. The summed E-state index contributed by atoms with van der Waals surface area (Å²) in [6.07, 6.45) is 0. The Bertz CT molecular complexity index is 3190. The molecule has 0 saturated heterocycles. The maximum absolute atomic E-state index is 6.93. The summed E-state index contributed by atoms with van der Waals surface area (Å²) in [5.74, 6) is 0. The van der Waals surface area contributed by atoms with E-state index < -0.39 is 0 Å². The molecule has 0 saturated carbocycles. The molecule has 2 heterocycles. The minimum Gasteiger partial charge on any atom is -0.455 e. The van der Waals surface area contributed by atoms with Crippen molar-refractivity contribution >= 4 is 82.5 Å². The number of furan rings is 2. The lowest BCUT2D eigenvalue weighted by Gasteiger charge is -2.28. The topological polar surface area (TPSA) is 29.5 Å². The van der Waals surface area contributed by atoms with Crippen LogP contribution in [0.2, 0.25) is 0 Å². The molecule has 0 radical (unpaired) electrons. The first-order valence-corrected chi connectivity index (χ1v) is 18.0. The van der Waals surface area contributed by atoms with E-state index in [4.69, 9.17) is 8.83 Å². The van der Waals surface area contributed by atoms with Crippen LogP contribution < -0.4 is 4.90 Å². The number of benzene rings is 9. The van der Waals surface area contributed by atoms with E-state index in [1.807, 2.05) is 18.2 Å². The predicted octanol–water partition coefficient (Wildman–Crippen LogP) is 14.6. The fraction of sp³-hybridized carbons (Fsp3) is 0. The number of nitrogens with zero attached hydrogens (tertiary/aromatic N) is 1. The Kier molecular flexibility index (Phi) is 6.55. The van der Waals surface area contributed by atoms with Crippen LogP contribution in [0.5, 0.6) is 0 Å². The van der Waals surface area contributed by atoms with Gasteiger partial charge in [-0.15, -0.1) is 0 Å². The van der Waals surface area contributed by atoms with Crippen molar-refractivity contribution in [2.45, 2.75) is 0 Å². The van der Waals surface area contributed by atoms with Crippen LogP contribution in [0.4, 0.5) is 17.1 Å². The molecular weight excluding hydrogens is 647 g/mol. The van der Waals surface area contributed by atoms with Gasteiger partial charge >= 0.3 is 0 Å². The minimum absolute atomic E-state index is 0.846. The van der Waals surface area contributed by atoms with Crippen molar-refractivity contribution in [3.8, 4) is 22.3 Å². The van der Waals surface area contributed by atoms with E-state index in [0.717, 1.165) is 83.2 Å². The molecule has 0 fully saturated rings. The fourth-order valence-corrected chi connectivity index (χ4v) is 8.33. The van der Waals surface area contributed by atoms with E-state index in [2.05, 4.69) is 175 Å². The van der Waals surface area contributed by atoms with Gasteiger partial charge in [-0.05, 0) is 69.8 Å². The van der Waals surface area contributed by atoms with Crippen molar-refractivity contribution in [1.82, 2.24) is 0 Å². The molecule has 0 atom stereocenters. The van der Waals surface area contributed by atoms with E-state index in [0.29, 0.717) is 0 Å². The molecule has 11 aromatic rings. The van der Waals surface area contributed by atoms with E-state index in [9.17, 15) is 0 Å². The van der Waals surface area contributed by atoms with Crippen LogP contribution in [0.3, 0.4) is 0 Å². The molecule has 248 valence electrons. The largest absolute Gasteiger partial charge is 0.455 e. The molecule has 0 bridgehead atoms. The van der Waals surface area contributed by atoms with Crippen molar-refractivity contribution in [1.29, 1.82) is 0 Å². The van der Waals surface area contributed by atoms with Crippen LogP contribution in [0.25, 0.3) is 87.7 Å². The van der Waals surface area contributed by atoms with Crippen LogP contribution >= 0.6 is 0 Å². The van der Waals surface area contributed by atoms with Gasteiger partial charge in [0.15, 0.2) is 0 Å². The highest BCUT2D eigenvalue weighted by Crippen LogP contribution is 2.50. The standard InChI is InChI=1S/C50H31NO2/c1-2-16-33(17-3-1)51(45-31-32-15-4-5-18-34(32)35-19-8-9-22-38(35)45)44-30-29-42(50-48(44)43-24-11-13-28-47(43)53-50)37-21-7-6-20-36(37)40-25-14-26-41-39-23-10-12-27-46(39)52-49(40)41/h1-31H. The van der Waals surface area contributed by atoms with E-state index in [1.54, 1.807) is 0 Å². The summed E-state index contributed by atoms with van der Waals surface area (Å²) in [4.78, 5) is 2.41. The van der Waals surface area contributed by atoms with Gasteiger partial charge in [-0.25, -0.2) is 0 Å². The monoisotopic (exact) mass is 677 g/mol.